The lowest BCUT2D eigenvalue weighted by molar-refractivity contribution is -0.132. The van der Waals surface area contributed by atoms with Crippen molar-refractivity contribution in [1.29, 1.82) is 0 Å². The molecule has 1 aromatic rings. The number of carbonyl (C=O) groups excluding carboxylic acids is 1. The Morgan fingerprint density at radius 3 is 2.52 bits per heavy atom. The van der Waals surface area contributed by atoms with E-state index in [2.05, 4.69) is 10.6 Å². The Morgan fingerprint density at radius 2 is 1.90 bits per heavy atom. The maximum Gasteiger partial charge on any atom is 0.253 e. The predicted octanol–water partition coefficient (Wildman–Crippen LogP) is 1.54. The van der Waals surface area contributed by atoms with Crippen LogP contribution < -0.4 is 10.6 Å². The molecule has 6 heteroatoms. The van der Waals surface area contributed by atoms with Gasteiger partial charge in [-0.2, -0.15) is 0 Å². The van der Waals surface area contributed by atoms with Gasteiger partial charge in [0, 0.05) is 33.4 Å². The van der Waals surface area contributed by atoms with E-state index in [0.717, 1.165) is 12.1 Å². The van der Waals surface area contributed by atoms with Crippen LogP contribution in [0, 0.1) is 0 Å². The molecule has 0 fully saturated rings. The average Bonchev–Trinajstić information content (AvgIpc) is 2.49. The Kier molecular flexibility index (Phi) is 11.9. The van der Waals surface area contributed by atoms with Gasteiger partial charge in [-0.05, 0) is 12.5 Å². The van der Waals surface area contributed by atoms with Gasteiger partial charge in [0.2, 0.25) is 0 Å². The topological polar surface area (TPSA) is 59.6 Å². The lowest BCUT2D eigenvalue weighted by Gasteiger charge is -2.17. The van der Waals surface area contributed by atoms with E-state index in [4.69, 9.17) is 9.47 Å². The third kappa shape index (κ3) is 8.02. The van der Waals surface area contributed by atoms with E-state index >= 15 is 0 Å². The number of hydrogen-bond acceptors (Lipinski definition) is 4. The lowest BCUT2D eigenvalue weighted by atomic mass is 10.1. The maximum atomic E-state index is 12.1. The molecule has 1 amide bonds. The van der Waals surface area contributed by atoms with E-state index in [1.54, 1.807) is 7.11 Å². The summed E-state index contributed by atoms with van der Waals surface area (Å²) in [6, 6.07) is 9.53. The lowest BCUT2D eigenvalue weighted by Crippen LogP contribution is -2.36. The van der Waals surface area contributed by atoms with Crippen LogP contribution in [-0.4, -0.2) is 45.9 Å². The third-order valence-electron chi connectivity index (χ3n) is 2.76. The van der Waals surface area contributed by atoms with Crippen molar-refractivity contribution in [1.82, 2.24) is 10.6 Å². The highest BCUT2D eigenvalue weighted by Gasteiger charge is 2.19. The zero-order chi connectivity index (χ0) is 14.6. The Bertz CT molecular complexity index is 376. The molecular weight excluding hydrogens is 292 g/mol. The fourth-order valence-electron chi connectivity index (χ4n) is 1.78. The number of rotatable bonds is 10. The molecule has 1 rings (SSSR count). The van der Waals surface area contributed by atoms with Crippen LogP contribution in [0.2, 0.25) is 0 Å². The summed E-state index contributed by atoms with van der Waals surface area (Å²) in [5, 5.41) is 6.05. The molecule has 2 N–H and O–H groups in total. The third-order valence-corrected chi connectivity index (χ3v) is 2.76. The minimum absolute atomic E-state index is 0. The van der Waals surface area contributed by atoms with Crippen molar-refractivity contribution in [2.75, 3.05) is 40.0 Å². The summed E-state index contributed by atoms with van der Waals surface area (Å²) in [6.45, 7) is 5.11. The monoisotopic (exact) mass is 316 g/mol. The van der Waals surface area contributed by atoms with Gasteiger partial charge in [-0.1, -0.05) is 30.3 Å². The van der Waals surface area contributed by atoms with Gasteiger partial charge < -0.3 is 20.1 Å². The van der Waals surface area contributed by atoms with Crippen molar-refractivity contribution in [3.8, 4) is 0 Å². The standard InChI is InChI=1S/C15H24N2O3.ClH/c1-3-20-14(13-7-5-4-6-8-13)15(18)17-10-9-16-11-12-19-2;/h4-8,14,16H,3,9-12H2,1-2H3,(H,17,18);1H. The van der Waals surface area contributed by atoms with Crippen molar-refractivity contribution >= 4 is 18.3 Å². The molecule has 0 heterocycles. The number of methoxy groups -OCH3 is 1. The van der Waals surface area contributed by atoms with Crippen molar-refractivity contribution in [2.45, 2.75) is 13.0 Å². The van der Waals surface area contributed by atoms with Crippen LogP contribution in [0.4, 0.5) is 0 Å². The Balaban J connectivity index is 0.00000400. The van der Waals surface area contributed by atoms with E-state index < -0.39 is 6.10 Å². The highest BCUT2D eigenvalue weighted by Crippen LogP contribution is 2.16. The van der Waals surface area contributed by atoms with Crippen molar-refractivity contribution in [3.05, 3.63) is 35.9 Å². The molecule has 120 valence electrons. The van der Waals surface area contributed by atoms with Gasteiger partial charge in [0.15, 0.2) is 6.10 Å². The number of benzene rings is 1. The number of nitrogens with one attached hydrogen (secondary N) is 2. The zero-order valence-electron chi connectivity index (χ0n) is 12.6. The molecular formula is C15H25ClN2O3. The second-order valence-corrected chi connectivity index (χ2v) is 4.28. The smallest absolute Gasteiger partial charge is 0.253 e. The summed E-state index contributed by atoms with van der Waals surface area (Å²) >= 11 is 0. The van der Waals surface area contributed by atoms with Crippen LogP contribution in [0.5, 0.6) is 0 Å². The summed E-state index contributed by atoms with van der Waals surface area (Å²) in [4.78, 5) is 12.1. The first kappa shape index (κ1) is 19.9. The van der Waals surface area contributed by atoms with Gasteiger partial charge in [-0.3, -0.25) is 4.79 Å². The molecule has 0 saturated carbocycles. The highest BCUT2D eigenvalue weighted by molar-refractivity contribution is 5.85. The summed E-state index contributed by atoms with van der Waals surface area (Å²) in [5.41, 5.74) is 0.874. The molecule has 0 aromatic heterocycles. The summed E-state index contributed by atoms with van der Waals surface area (Å²) in [6.07, 6.45) is -0.542. The van der Waals surface area contributed by atoms with E-state index in [-0.39, 0.29) is 18.3 Å². The summed E-state index contributed by atoms with van der Waals surface area (Å²) in [7, 11) is 1.66. The molecule has 0 aliphatic carbocycles. The first-order valence-electron chi connectivity index (χ1n) is 6.93. The van der Waals surface area contributed by atoms with Crippen molar-refractivity contribution in [2.24, 2.45) is 0 Å². The first-order valence-corrected chi connectivity index (χ1v) is 6.93. The largest absolute Gasteiger partial charge is 0.383 e. The van der Waals surface area contributed by atoms with Gasteiger partial charge in [-0.15, -0.1) is 12.4 Å². The van der Waals surface area contributed by atoms with Crippen LogP contribution in [0.3, 0.4) is 0 Å². The molecule has 21 heavy (non-hydrogen) atoms. The van der Waals surface area contributed by atoms with E-state index in [1.807, 2.05) is 37.3 Å². The predicted molar refractivity (Wildman–Crippen MR) is 85.8 cm³/mol. The molecule has 1 atom stereocenters. The van der Waals surface area contributed by atoms with E-state index in [9.17, 15) is 4.79 Å². The Hall–Kier alpha value is -1.14. The van der Waals surface area contributed by atoms with Crippen LogP contribution >= 0.6 is 12.4 Å². The van der Waals surface area contributed by atoms with Gasteiger partial charge in [0.1, 0.15) is 0 Å². The first-order chi connectivity index (χ1) is 9.79. The zero-order valence-corrected chi connectivity index (χ0v) is 13.4. The molecule has 1 aromatic carbocycles. The van der Waals surface area contributed by atoms with Gasteiger partial charge >= 0.3 is 0 Å². The number of ether oxygens (including phenoxy) is 2. The fourth-order valence-corrected chi connectivity index (χ4v) is 1.78. The van der Waals surface area contributed by atoms with Gasteiger partial charge in [0.05, 0.1) is 6.61 Å². The minimum Gasteiger partial charge on any atom is -0.383 e. The number of carbonyl (C=O) groups is 1. The minimum atomic E-state index is -0.542. The number of halogens is 1. The number of hydrogen-bond donors (Lipinski definition) is 2. The van der Waals surface area contributed by atoms with Crippen LogP contribution in [0.1, 0.15) is 18.6 Å². The highest BCUT2D eigenvalue weighted by atomic mass is 35.5. The maximum absolute atomic E-state index is 12.1. The average molecular weight is 317 g/mol. The van der Waals surface area contributed by atoms with Crippen LogP contribution in [0.15, 0.2) is 30.3 Å². The normalized spacial score (nSPS) is 11.5. The van der Waals surface area contributed by atoms with Crippen LogP contribution in [0.25, 0.3) is 0 Å². The van der Waals surface area contributed by atoms with E-state index in [0.29, 0.717) is 26.3 Å². The Labute approximate surface area is 132 Å². The summed E-state index contributed by atoms with van der Waals surface area (Å²) in [5.74, 6) is -0.105. The van der Waals surface area contributed by atoms with Gasteiger partial charge in [-0.25, -0.2) is 0 Å². The molecule has 0 aliphatic rings. The SMILES string of the molecule is CCOC(C(=O)NCCNCCOC)c1ccccc1.Cl. The summed E-state index contributed by atoms with van der Waals surface area (Å²) < 4.78 is 10.5. The quantitative estimate of drug-likeness (QED) is 0.643. The molecule has 0 saturated heterocycles. The fraction of sp³-hybridized carbons (Fsp3) is 0.533. The van der Waals surface area contributed by atoms with Crippen molar-refractivity contribution in [3.63, 3.8) is 0 Å². The molecule has 0 bridgehead atoms. The molecule has 0 aliphatic heterocycles. The van der Waals surface area contributed by atoms with Crippen LogP contribution in [-0.2, 0) is 14.3 Å². The number of amides is 1. The second-order valence-electron chi connectivity index (χ2n) is 4.28. The van der Waals surface area contributed by atoms with Gasteiger partial charge in [0.25, 0.3) is 5.91 Å². The molecule has 0 radical (unpaired) electrons. The Morgan fingerprint density at radius 1 is 1.19 bits per heavy atom. The molecule has 0 spiro atoms. The van der Waals surface area contributed by atoms with Crippen molar-refractivity contribution < 1.29 is 14.3 Å². The molecule has 1 unspecified atom stereocenters. The van der Waals surface area contributed by atoms with E-state index in [1.165, 1.54) is 0 Å². The molecule has 5 nitrogen and oxygen atoms in total. The second kappa shape index (κ2) is 12.6.